The molecule has 2 heteroatoms. The van der Waals surface area contributed by atoms with Crippen LogP contribution in [0.15, 0.2) is 18.3 Å². The van der Waals surface area contributed by atoms with E-state index in [1.165, 1.54) is 31.9 Å². The molecule has 0 radical (unpaired) electrons. The predicted octanol–water partition coefficient (Wildman–Crippen LogP) is 5.64. The number of hydrogen-bond acceptors (Lipinski definition) is 1. The van der Waals surface area contributed by atoms with Gasteiger partial charge in [-0.05, 0) is 24.3 Å². The normalized spacial score (nSPS) is 14.3. The highest BCUT2D eigenvalue weighted by atomic mass is 19.1. The summed E-state index contributed by atoms with van der Waals surface area (Å²) in [5.41, 5.74) is 0.752. The Kier molecular flexibility index (Phi) is 7.04. The van der Waals surface area contributed by atoms with Gasteiger partial charge in [-0.1, -0.05) is 65.4 Å². The van der Waals surface area contributed by atoms with Crippen LogP contribution in [0.1, 0.15) is 77.7 Å². The summed E-state index contributed by atoms with van der Waals surface area (Å²) in [6.07, 6.45) is 10.9. The van der Waals surface area contributed by atoms with Gasteiger partial charge in [0.1, 0.15) is 0 Å². The molecule has 0 aliphatic rings. The van der Waals surface area contributed by atoms with E-state index in [0.717, 1.165) is 31.2 Å². The zero-order chi connectivity index (χ0) is 14.1. The summed E-state index contributed by atoms with van der Waals surface area (Å²) in [5.74, 6) is -0.281. The lowest BCUT2D eigenvalue weighted by molar-refractivity contribution is 0.351. The summed E-state index contributed by atoms with van der Waals surface area (Å²) in [6.45, 7) is 6.61. The third kappa shape index (κ3) is 4.93. The van der Waals surface area contributed by atoms with Crippen LogP contribution >= 0.6 is 0 Å². The summed E-state index contributed by atoms with van der Waals surface area (Å²) in [6, 6.07) is 3.77. The van der Waals surface area contributed by atoms with E-state index in [-0.39, 0.29) is 11.4 Å². The second-order valence-electron chi connectivity index (χ2n) is 5.82. The maximum atomic E-state index is 14.0. The zero-order valence-electron chi connectivity index (χ0n) is 12.7. The van der Waals surface area contributed by atoms with Crippen molar-refractivity contribution in [2.45, 2.75) is 77.6 Å². The molecule has 0 bridgehead atoms. The van der Waals surface area contributed by atoms with E-state index >= 15 is 0 Å². The topological polar surface area (TPSA) is 12.9 Å². The lowest BCUT2D eigenvalue weighted by Gasteiger charge is -2.30. The van der Waals surface area contributed by atoms with Crippen LogP contribution in [0.2, 0.25) is 0 Å². The van der Waals surface area contributed by atoms with Crippen LogP contribution in [-0.2, 0) is 5.41 Å². The lowest BCUT2D eigenvalue weighted by Crippen LogP contribution is -2.24. The van der Waals surface area contributed by atoms with E-state index in [1.54, 1.807) is 0 Å². The van der Waals surface area contributed by atoms with Crippen LogP contribution in [-0.4, -0.2) is 4.98 Å². The highest BCUT2D eigenvalue weighted by Gasteiger charge is 2.28. The molecule has 1 heterocycles. The predicted molar refractivity (Wildman–Crippen MR) is 79.8 cm³/mol. The van der Waals surface area contributed by atoms with Gasteiger partial charge in [0.25, 0.3) is 0 Å². The summed E-state index contributed by atoms with van der Waals surface area (Å²) in [7, 11) is 0. The summed E-state index contributed by atoms with van der Waals surface area (Å²) < 4.78 is 14.0. The molecule has 1 atom stereocenters. The van der Waals surface area contributed by atoms with Crippen LogP contribution in [0.25, 0.3) is 0 Å². The van der Waals surface area contributed by atoms with Gasteiger partial charge < -0.3 is 0 Å². The van der Waals surface area contributed by atoms with Gasteiger partial charge in [-0.2, -0.15) is 4.39 Å². The van der Waals surface area contributed by atoms with Crippen LogP contribution < -0.4 is 0 Å². The minimum absolute atomic E-state index is 0.0535. The first-order chi connectivity index (χ1) is 9.14. The maximum absolute atomic E-state index is 14.0. The Labute approximate surface area is 117 Å². The molecule has 1 aromatic rings. The van der Waals surface area contributed by atoms with Crippen molar-refractivity contribution in [3.8, 4) is 0 Å². The van der Waals surface area contributed by atoms with E-state index in [9.17, 15) is 4.39 Å². The first-order valence-corrected chi connectivity index (χ1v) is 7.75. The van der Waals surface area contributed by atoms with Gasteiger partial charge in [0, 0.05) is 11.8 Å². The number of aromatic nitrogens is 1. The minimum atomic E-state index is -0.281. The average molecular weight is 265 g/mol. The van der Waals surface area contributed by atoms with Crippen molar-refractivity contribution in [1.82, 2.24) is 4.98 Å². The third-order valence-corrected chi connectivity index (χ3v) is 4.07. The first kappa shape index (κ1) is 16.1. The minimum Gasteiger partial charge on any atom is -0.228 e. The van der Waals surface area contributed by atoms with Crippen molar-refractivity contribution in [1.29, 1.82) is 0 Å². The molecule has 0 amide bonds. The van der Waals surface area contributed by atoms with Crippen molar-refractivity contribution in [3.05, 3.63) is 29.8 Å². The summed E-state index contributed by atoms with van der Waals surface area (Å²) in [5, 5.41) is 0. The van der Waals surface area contributed by atoms with Crippen LogP contribution in [0, 0.1) is 5.95 Å². The number of unbranched alkanes of at least 4 members (excludes halogenated alkanes) is 4. The Morgan fingerprint density at radius 2 is 1.74 bits per heavy atom. The standard InChI is InChI=1S/C17H28FN/c1-4-6-8-9-13-17(3,12-7-5-2)15-11-10-14-19-16(15)18/h10-11,14H,4-9,12-13H2,1-3H3. The van der Waals surface area contributed by atoms with Crippen molar-refractivity contribution in [3.63, 3.8) is 0 Å². The molecule has 1 nitrogen and oxygen atoms in total. The Hall–Kier alpha value is -0.920. The van der Waals surface area contributed by atoms with Crippen molar-refractivity contribution < 1.29 is 4.39 Å². The first-order valence-electron chi connectivity index (χ1n) is 7.75. The molecule has 0 aromatic carbocycles. The molecule has 0 N–H and O–H groups in total. The zero-order valence-corrected chi connectivity index (χ0v) is 12.7. The maximum Gasteiger partial charge on any atom is 0.216 e. The molecule has 1 unspecified atom stereocenters. The molecule has 0 spiro atoms. The molecule has 0 aliphatic carbocycles. The Balaban J connectivity index is 2.77. The van der Waals surface area contributed by atoms with Gasteiger partial charge in [0.15, 0.2) is 0 Å². The molecule has 1 rings (SSSR count). The number of nitrogens with zero attached hydrogens (tertiary/aromatic N) is 1. The molecule has 0 fully saturated rings. The fourth-order valence-corrected chi connectivity index (χ4v) is 2.74. The fourth-order valence-electron chi connectivity index (χ4n) is 2.74. The van der Waals surface area contributed by atoms with E-state index in [2.05, 4.69) is 25.8 Å². The Morgan fingerprint density at radius 3 is 2.37 bits per heavy atom. The van der Waals surface area contributed by atoms with Crippen LogP contribution in [0.5, 0.6) is 0 Å². The second kappa shape index (κ2) is 8.29. The average Bonchev–Trinajstić information content (AvgIpc) is 2.42. The van der Waals surface area contributed by atoms with Crippen molar-refractivity contribution >= 4 is 0 Å². The number of halogens is 1. The van der Waals surface area contributed by atoms with Gasteiger partial charge in [0.2, 0.25) is 5.95 Å². The smallest absolute Gasteiger partial charge is 0.216 e. The van der Waals surface area contributed by atoms with Gasteiger partial charge >= 0.3 is 0 Å². The number of rotatable bonds is 9. The Morgan fingerprint density at radius 1 is 1.05 bits per heavy atom. The molecule has 0 saturated heterocycles. The molecule has 0 saturated carbocycles. The monoisotopic (exact) mass is 265 g/mol. The number of hydrogen-bond donors (Lipinski definition) is 0. The highest BCUT2D eigenvalue weighted by Crippen LogP contribution is 2.36. The summed E-state index contributed by atoms with van der Waals surface area (Å²) in [4.78, 5) is 3.83. The van der Waals surface area contributed by atoms with E-state index in [1.807, 2.05) is 12.1 Å². The van der Waals surface area contributed by atoms with Crippen molar-refractivity contribution in [2.75, 3.05) is 0 Å². The molecule has 1 aromatic heterocycles. The van der Waals surface area contributed by atoms with Crippen LogP contribution in [0.3, 0.4) is 0 Å². The van der Waals surface area contributed by atoms with E-state index < -0.39 is 0 Å². The van der Waals surface area contributed by atoms with E-state index in [4.69, 9.17) is 0 Å². The van der Waals surface area contributed by atoms with Gasteiger partial charge in [-0.25, -0.2) is 4.98 Å². The largest absolute Gasteiger partial charge is 0.228 e. The second-order valence-corrected chi connectivity index (χ2v) is 5.82. The van der Waals surface area contributed by atoms with Gasteiger partial charge in [-0.3, -0.25) is 0 Å². The quantitative estimate of drug-likeness (QED) is 0.416. The van der Waals surface area contributed by atoms with Gasteiger partial charge in [-0.15, -0.1) is 0 Å². The van der Waals surface area contributed by atoms with E-state index in [0.29, 0.717) is 0 Å². The van der Waals surface area contributed by atoms with Crippen LogP contribution in [0.4, 0.5) is 4.39 Å². The van der Waals surface area contributed by atoms with Gasteiger partial charge in [0.05, 0.1) is 0 Å². The fraction of sp³-hybridized carbons (Fsp3) is 0.706. The third-order valence-electron chi connectivity index (χ3n) is 4.07. The number of pyridine rings is 1. The Bertz CT molecular complexity index is 364. The molecular weight excluding hydrogens is 237 g/mol. The molecule has 0 aliphatic heterocycles. The summed E-state index contributed by atoms with van der Waals surface area (Å²) >= 11 is 0. The SMILES string of the molecule is CCCCCCC(C)(CCCC)c1cccnc1F. The van der Waals surface area contributed by atoms with Crippen molar-refractivity contribution in [2.24, 2.45) is 0 Å². The highest BCUT2D eigenvalue weighted by molar-refractivity contribution is 5.22. The molecule has 108 valence electrons. The molecule has 19 heavy (non-hydrogen) atoms. The lowest BCUT2D eigenvalue weighted by atomic mass is 9.75. The molecular formula is C17H28FN.